The number of hydrogen-bond acceptors (Lipinski definition) is 3. The Kier molecular flexibility index (Phi) is 5.26. The van der Waals surface area contributed by atoms with Gasteiger partial charge in [-0.25, -0.2) is 4.39 Å². The lowest BCUT2D eigenvalue weighted by Crippen LogP contribution is -2.05. The maximum Gasteiger partial charge on any atom is 0.127 e. The molecule has 0 heterocycles. The van der Waals surface area contributed by atoms with Gasteiger partial charge in [0.2, 0.25) is 0 Å². The van der Waals surface area contributed by atoms with Gasteiger partial charge in [-0.05, 0) is 43.2 Å². The van der Waals surface area contributed by atoms with Crippen molar-refractivity contribution in [2.24, 2.45) is 0 Å². The fraction of sp³-hybridized carbons (Fsp3) is 0.294. The van der Waals surface area contributed by atoms with Crippen molar-refractivity contribution in [2.45, 2.75) is 24.8 Å². The zero-order valence-electron chi connectivity index (χ0n) is 12.4. The van der Waals surface area contributed by atoms with E-state index in [4.69, 9.17) is 4.74 Å². The van der Waals surface area contributed by atoms with E-state index in [2.05, 4.69) is 0 Å². The zero-order chi connectivity index (χ0) is 15.4. The number of aliphatic hydroxyl groups excluding tert-OH is 1. The van der Waals surface area contributed by atoms with Crippen molar-refractivity contribution < 1.29 is 14.2 Å². The van der Waals surface area contributed by atoms with Crippen molar-refractivity contribution in [3.8, 4) is 5.75 Å². The Morgan fingerprint density at radius 3 is 2.67 bits per heavy atom. The van der Waals surface area contributed by atoms with Crippen LogP contribution in [-0.4, -0.2) is 18.0 Å². The molecule has 0 radical (unpaired) electrons. The van der Waals surface area contributed by atoms with Crippen LogP contribution in [0.25, 0.3) is 0 Å². The van der Waals surface area contributed by atoms with Crippen molar-refractivity contribution in [2.75, 3.05) is 12.9 Å². The summed E-state index contributed by atoms with van der Waals surface area (Å²) in [5, 5.41) is 10.4. The number of hydrogen-bond donors (Lipinski definition) is 1. The molecule has 4 heteroatoms. The standard InChI is InChI=1S/C17H19FO2S/c1-11-7-8-15(17(20-3)12(11)2)16(19)10-21-14-6-4-5-13(18)9-14/h4-9,16,19H,10H2,1-3H3. The number of halogens is 1. The maximum atomic E-state index is 13.1. The van der Waals surface area contributed by atoms with Gasteiger partial charge in [0.15, 0.2) is 0 Å². The molecule has 0 aliphatic rings. The highest BCUT2D eigenvalue weighted by Crippen LogP contribution is 2.33. The molecule has 0 aromatic heterocycles. The summed E-state index contributed by atoms with van der Waals surface area (Å²) in [5.74, 6) is 0.906. The van der Waals surface area contributed by atoms with E-state index in [9.17, 15) is 9.50 Å². The first kappa shape index (κ1) is 15.9. The summed E-state index contributed by atoms with van der Waals surface area (Å²) in [7, 11) is 1.61. The van der Waals surface area contributed by atoms with Gasteiger partial charge in [0.25, 0.3) is 0 Å². The van der Waals surface area contributed by atoms with Crippen LogP contribution < -0.4 is 4.74 Å². The number of ether oxygens (including phenoxy) is 1. The monoisotopic (exact) mass is 306 g/mol. The van der Waals surface area contributed by atoms with Gasteiger partial charge in [-0.2, -0.15) is 0 Å². The Bertz CT molecular complexity index is 628. The smallest absolute Gasteiger partial charge is 0.127 e. The van der Waals surface area contributed by atoms with E-state index in [1.807, 2.05) is 32.0 Å². The van der Waals surface area contributed by atoms with Crippen LogP contribution in [0, 0.1) is 19.7 Å². The largest absolute Gasteiger partial charge is 0.496 e. The Balaban J connectivity index is 2.13. The van der Waals surface area contributed by atoms with Gasteiger partial charge < -0.3 is 9.84 Å². The Morgan fingerprint density at radius 2 is 2.00 bits per heavy atom. The highest BCUT2D eigenvalue weighted by molar-refractivity contribution is 7.99. The number of rotatable bonds is 5. The van der Waals surface area contributed by atoms with Crippen LogP contribution in [0.15, 0.2) is 41.3 Å². The van der Waals surface area contributed by atoms with Gasteiger partial charge in [0.05, 0.1) is 13.2 Å². The van der Waals surface area contributed by atoms with Crippen molar-refractivity contribution in [1.82, 2.24) is 0 Å². The fourth-order valence-electron chi connectivity index (χ4n) is 2.17. The van der Waals surface area contributed by atoms with Crippen molar-refractivity contribution >= 4 is 11.8 Å². The second kappa shape index (κ2) is 6.96. The van der Waals surface area contributed by atoms with E-state index >= 15 is 0 Å². The van der Waals surface area contributed by atoms with Gasteiger partial charge in [-0.3, -0.25) is 0 Å². The predicted molar refractivity (Wildman–Crippen MR) is 84.6 cm³/mol. The van der Waals surface area contributed by atoms with E-state index in [-0.39, 0.29) is 5.82 Å². The second-order valence-electron chi connectivity index (χ2n) is 4.91. The molecule has 0 bridgehead atoms. The molecule has 0 saturated carbocycles. The summed E-state index contributed by atoms with van der Waals surface area (Å²) >= 11 is 1.42. The van der Waals surface area contributed by atoms with Crippen LogP contribution in [0.1, 0.15) is 22.8 Å². The van der Waals surface area contributed by atoms with Crippen molar-refractivity contribution in [1.29, 1.82) is 0 Å². The number of methoxy groups -OCH3 is 1. The molecule has 0 aliphatic heterocycles. The Labute approximate surface area is 129 Å². The Hall–Kier alpha value is -1.52. The zero-order valence-corrected chi connectivity index (χ0v) is 13.2. The number of benzene rings is 2. The quantitative estimate of drug-likeness (QED) is 0.836. The molecule has 1 N–H and O–H groups in total. The molecule has 1 atom stereocenters. The lowest BCUT2D eigenvalue weighted by Gasteiger charge is -2.17. The molecule has 2 rings (SSSR count). The Morgan fingerprint density at radius 1 is 1.24 bits per heavy atom. The fourth-order valence-corrected chi connectivity index (χ4v) is 3.07. The lowest BCUT2D eigenvalue weighted by atomic mass is 10.0. The summed E-state index contributed by atoms with van der Waals surface area (Å²) in [6.07, 6.45) is -0.660. The summed E-state index contributed by atoms with van der Waals surface area (Å²) in [6.45, 7) is 3.99. The van der Waals surface area contributed by atoms with Gasteiger partial charge in [-0.15, -0.1) is 11.8 Å². The molecule has 112 valence electrons. The minimum Gasteiger partial charge on any atom is -0.496 e. The number of aryl methyl sites for hydroxylation is 1. The second-order valence-corrected chi connectivity index (χ2v) is 6.01. The SMILES string of the molecule is COc1c(C(O)CSc2cccc(F)c2)ccc(C)c1C. The van der Waals surface area contributed by atoms with E-state index < -0.39 is 6.10 Å². The lowest BCUT2D eigenvalue weighted by molar-refractivity contribution is 0.198. The van der Waals surface area contributed by atoms with Gasteiger partial charge in [0.1, 0.15) is 11.6 Å². The third-order valence-corrected chi connectivity index (χ3v) is 4.54. The van der Waals surface area contributed by atoms with Crippen LogP contribution in [0.3, 0.4) is 0 Å². The molecule has 1 unspecified atom stereocenters. The molecule has 0 saturated heterocycles. The molecule has 0 aliphatic carbocycles. The molecule has 0 spiro atoms. The summed E-state index contributed by atoms with van der Waals surface area (Å²) in [6, 6.07) is 10.2. The summed E-state index contributed by atoms with van der Waals surface area (Å²) in [4.78, 5) is 0.803. The van der Waals surface area contributed by atoms with E-state index in [1.165, 1.54) is 23.9 Å². The third kappa shape index (κ3) is 3.77. The third-order valence-electron chi connectivity index (χ3n) is 3.47. The van der Waals surface area contributed by atoms with Crippen molar-refractivity contribution in [3.05, 3.63) is 58.9 Å². The number of aliphatic hydroxyl groups is 1. The average molecular weight is 306 g/mol. The summed E-state index contributed by atoms with van der Waals surface area (Å²) in [5.41, 5.74) is 2.93. The minimum atomic E-state index is -0.660. The van der Waals surface area contributed by atoms with Gasteiger partial charge in [-0.1, -0.05) is 18.2 Å². The van der Waals surface area contributed by atoms with E-state index in [1.54, 1.807) is 13.2 Å². The molecular formula is C17H19FO2S. The molecule has 21 heavy (non-hydrogen) atoms. The summed E-state index contributed by atoms with van der Waals surface area (Å²) < 4.78 is 18.6. The van der Waals surface area contributed by atoms with Crippen molar-refractivity contribution in [3.63, 3.8) is 0 Å². The van der Waals surface area contributed by atoms with Crippen LogP contribution in [0.5, 0.6) is 5.75 Å². The van der Waals surface area contributed by atoms with Gasteiger partial charge in [0, 0.05) is 16.2 Å². The highest BCUT2D eigenvalue weighted by atomic mass is 32.2. The number of thioether (sulfide) groups is 1. The average Bonchev–Trinajstić information content (AvgIpc) is 2.47. The first-order chi connectivity index (χ1) is 10.0. The van der Waals surface area contributed by atoms with E-state index in [0.717, 1.165) is 27.3 Å². The van der Waals surface area contributed by atoms with Crippen LogP contribution in [0.4, 0.5) is 4.39 Å². The maximum absolute atomic E-state index is 13.1. The molecule has 0 fully saturated rings. The molecule has 2 aromatic carbocycles. The molecule has 2 nitrogen and oxygen atoms in total. The first-order valence-corrected chi connectivity index (χ1v) is 7.72. The predicted octanol–water partition coefficient (Wildman–Crippen LogP) is 4.28. The van der Waals surface area contributed by atoms with E-state index in [0.29, 0.717) is 5.75 Å². The topological polar surface area (TPSA) is 29.5 Å². The minimum absolute atomic E-state index is 0.266. The normalized spacial score (nSPS) is 12.2. The molecule has 2 aromatic rings. The van der Waals surface area contributed by atoms with Crippen LogP contribution >= 0.6 is 11.8 Å². The highest BCUT2D eigenvalue weighted by Gasteiger charge is 2.16. The first-order valence-electron chi connectivity index (χ1n) is 6.73. The molecule has 0 amide bonds. The molecular weight excluding hydrogens is 287 g/mol. The van der Waals surface area contributed by atoms with Crippen LogP contribution in [0.2, 0.25) is 0 Å². The van der Waals surface area contributed by atoms with Gasteiger partial charge >= 0.3 is 0 Å². The van der Waals surface area contributed by atoms with Crippen LogP contribution in [-0.2, 0) is 0 Å².